The lowest BCUT2D eigenvalue weighted by Gasteiger charge is -2.25. The van der Waals surface area contributed by atoms with Crippen LogP contribution in [0.25, 0.3) is 0 Å². The van der Waals surface area contributed by atoms with E-state index in [2.05, 4.69) is 33.6 Å². The van der Waals surface area contributed by atoms with Crippen molar-refractivity contribution < 1.29 is 29.4 Å². The number of carboxylic acids is 1. The second-order valence-electron chi connectivity index (χ2n) is 7.71. The van der Waals surface area contributed by atoms with Crippen molar-refractivity contribution in [3.8, 4) is 0 Å². The molecule has 0 saturated carbocycles. The summed E-state index contributed by atoms with van der Waals surface area (Å²) < 4.78 is 0. The maximum absolute atomic E-state index is 12.7. The zero-order valence-corrected chi connectivity index (χ0v) is 20.2. The van der Waals surface area contributed by atoms with Crippen molar-refractivity contribution in [1.82, 2.24) is 16.0 Å². The van der Waals surface area contributed by atoms with Crippen molar-refractivity contribution in [2.45, 2.75) is 69.3 Å². The number of hydrogen-bond acceptors (Lipinski definition) is 9. The van der Waals surface area contributed by atoms with Crippen LogP contribution in [-0.4, -0.2) is 89.0 Å². The van der Waals surface area contributed by atoms with E-state index in [9.17, 15) is 29.4 Å². The molecule has 0 aliphatic rings. The minimum atomic E-state index is -1.41. The fourth-order valence-corrected chi connectivity index (χ4v) is 3.05. The van der Waals surface area contributed by atoms with Crippen LogP contribution in [0.5, 0.6) is 0 Å². The van der Waals surface area contributed by atoms with Gasteiger partial charge in [-0.15, -0.1) is 0 Å². The highest BCUT2D eigenvalue weighted by Gasteiger charge is 2.31. The molecule has 0 spiro atoms. The maximum atomic E-state index is 12.7. The average Bonchev–Trinajstić information content (AvgIpc) is 2.76. The van der Waals surface area contributed by atoms with Gasteiger partial charge in [-0.25, -0.2) is 4.79 Å². The number of guanidine groups is 1. The highest BCUT2D eigenvalue weighted by Crippen LogP contribution is 2.04. The van der Waals surface area contributed by atoms with E-state index < -0.39 is 54.0 Å². The van der Waals surface area contributed by atoms with Crippen molar-refractivity contribution in [2.75, 3.05) is 18.8 Å². The largest absolute Gasteiger partial charge is 0.480 e. The number of aliphatic hydroxyl groups is 1. The fraction of sp³-hybridized carbons (Fsp3) is 0.737. The number of aliphatic hydroxyl groups excluding tert-OH is 1. The van der Waals surface area contributed by atoms with Crippen LogP contribution in [0, 0.1) is 0 Å². The van der Waals surface area contributed by atoms with Gasteiger partial charge in [-0.05, 0) is 45.6 Å². The molecule has 0 fully saturated rings. The van der Waals surface area contributed by atoms with E-state index in [-0.39, 0.29) is 31.1 Å². The average molecular weight is 507 g/mol. The van der Waals surface area contributed by atoms with Gasteiger partial charge < -0.3 is 49.1 Å². The number of carbonyl (C=O) groups excluding carboxylic acids is 3. The Morgan fingerprint density at radius 2 is 1.56 bits per heavy atom. The molecule has 5 atom stereocenters. The van der Waals surface area contributed by atoms with Gasteiger partial charge in [-0.3, -0.25) is 19.4 Å². The summed E-state index contributed by atoms with van der Waals surface area (Å²) in [5, 5.41) is 26.4. The predicted molar refractivity (Wildman–Crippen MR) is 130 cm³/mol. The topological polar surface area (TPSA) is 261 Å². The van der Waals surface area contributed by atoms with Crippen LogP contribution < -0.4 is 38.9 Å². The van der Waals surface area contributed by atoms with Gasteiger partial charge in [-0.1, -0.05) is 0 Å². The SMILES string of the molecule is CC(O)C(NC(=O)C(N)CCCN=C(N)N)C(=O)NC(CS)C(=O)NC(CCCCN)C(=O)O. The summed E-state index contributed by atoms with van der Waals surface area (Å²) in [5.74, 6) is -3.79. The molecule has 5 unspecified atom stereocenters. The first-order valence-corrected chi connectivity index (χ1v) is 11.5. The summed E-state index contributed by atoms with van der Waals surface area (Å²) in [6.07, 6.45) is 0.574. The molecule has 0 bridgehead atoms. The van der Waals surface area contributed by atoms with Crippen molar-refractivity contribution in [3.63, 3.8) is 0 Å². The Morgan fingerprint density at radius 1 is 0.941 bits per heavy atom. The number of nitrogens with one attached hydrogen (secondary N) is 3. The van der Waals surface area contributed by atoms with E-state index >= 15 is 0 Å². The molecule has 196 valence electrons. The lowest BCUT2D eigenvalue weighted by atomic mass is 10.1. The first-order chi connectivity index (χ1) is 15.9. The summed E-state index contributed by atoms with van der Waals surface area (Å²) >= 11 is 4.04. The van der Waals surface area contributed by atoms with Gasteiger partial charge in [-0.2, -0.15) is 12.6 Å². The van der Waals surface area contributed by atoms with Crippen molar-refractivity contribution in [3.05, 3.63) is 0 Å². The molecular formula is C19H38N8O6S. The number of hydrogen-bond donors (Lipinski definition) is 10. The molecule has 0 aromatic carbocycles. The minimum absolute atomic E-state index is 0.0862. The van der Waals surface area contributed by atoms with E-state index in [0.29, 0.717) is 25.8 Å². The van der Waals surface area contributed by atoms with E-state index in [1.807, 2.05) is 0 Å². The van der Waals surface area contributed by atoms with Gasteiger partial charge in [0.25, 0.3) is 0 Å². The van der Waals surface area contributed by atoms with Crippen molar-refractivity contribution in [2.24, 2.45) is 27.9 Å². The molecule has 0 aromatic rings. The molecule has 3 amide bonds. The van der Waals surface area contributed by atoms with Gasteiger partial charge >= 0.3 is 5.97 Å². The van der Waals surface area contributed by atoms with Gasteiger partial charge in [0.1, 0.15) is 18.1 Å². The van der Waals surface area contributed by atoms with E-state index in [0.717, 1.165) is 0 Å². The molecule has 0 aliphatic carbocycles. The fourth-order valence-electron chi connectivity index (χ4n) is 2.79. The number of unbranched alkanes of at least 4 members (excludes halogenated alkanes) is 1. The van der Waals surface area contributed by atoms with E-state index in [1.54, 1.807) is 0 Å². The van der Waals surface area contributed by atoms with Crippen LogP contribution in [0.1, 0.15) is 39.0 Å². The number of aliphatic imine (C=N–C) groups is 1. The Kier molecular flexibility index (Phi) is 15.6. The normalized spacial score (nSPS) is 15.2. The first-order valence-electron chi connectivity index (χ1n) is 10.9. The molecule has 15 heteroatoms. The molecule has 0 saturated heterocycles. The molecule has 0 heterocycles. The third-order valence-electron chi connectivity index (χ3n) is 4.74. The maximum Gasteiger partial charge on any atom is 0.326 e. The van der Waals surface area contributed by atoms with Gasteiger partial charge in [0, 0.05) is 12.3 Å². The van der Waals surface area contributed by atoms with Crippen molar-refractivity contribution >= 4 is 42.3 Å². The molecule has 0 radical (unpaired) electrons. The summed E-state index contributed by atoms with van der Waals surface area (Å²) in [6.45, 7) is 1.94. The number of aliphatic carboxylic acids is 1. The summed E-state index contributed by atoms with van der Waals surface area (Å²) in [7, 11) is 0. The summed E-state index contributed by atoms with van der Waals surface area (Å²) in [6, 6.07) is -4.77. The smallest absolute Gasteiger partial charge is 0.326 e. The molecule has 14 nitrogen and oxygen atoms in total. The lowest BCUT2D eigenvalue weighted by molar-refractivity contribution is -0.142. The van der Waals surface area contributed by atoms with E-state index in [1.165, 1.54) is 6.92 Å². The zero-order chi connectivity index (χ0) is 26.3. The van der Waals surface area contributed by atoms with Crippen LogP contribution >= 0.6 is 12.6 Å². The molecule has 0 aliphatic heterocycles. The number of carbonyl (C=O) groups is 4. The number of nitrogens with two attached hydrogens (primary N) is 4. The number of nitrogens with zero attached hydrogens (tertiary/aromatic N) is 1. The molecule has 34 heavy (non-hydrogen) atoms. The highest BCUT2D eigenvalue weighted by atomic mass is 32.1. The Bertz CT molecular complexity index is 704. The lowest BCUT2D eigenvalue weighted by Crippen LogP contribution is -2.60. The van der Waals surface area contributed by atoms with Crippen LogP contribution in [0.2, 0.25) is 0 Å². The second kappa shape index (κ2) is 16.9. The van der Waals surface area contributed by atoms with Crippen LogP contribution in [-0.2, 0) is 19.2 Å². The summed E-state index contributed by atoms with van der Waals surface area (Å²) in [5.41, 5.74) is 21.7. The van der Waals surface area contributed by atoms with Crippen LogP contribution in [0.4, 0.5) is 0 Å². The monoisotopic (exact) mass is 506 g/mol. The first kappa shape index (κ1) is 31.4. The highest BCUT2D eigenvalue weighted by molar-refractivity contribution is 7.80. The number of carboxylic acid groups (broad SMARTS) is 1. The van der Waals surface area contributed by atoms with E-state index in [4.69, 9.17) is 22.9 Å². The number of thiol groups is 1. The zero-order valence-electron chi connectivity index (χ0n) is 19.3. The molecule has 13 N–H and O–H groups in total. The second-order valence-corrected chi connectivity index (χ2v) is 8.07. The third kappa shape index (κ3) is 12.6. The minimum Gasteiger partial charge on any atom is -0.480 e. The van der Waals surface area contributed by atoms with Crippen LogP contribution in [0.15, 0.2) is 4.99 Å². The standard InChI is InChI=1S/C19H38N8O6S/c1-10(28)14(27-15(29)11(21)5-4-8-24-19(22)23)17(31)26-13(9-34)16(30)25-12(18(32)33)6-2-3-7-20/h10-14,28,34H,2-9,20-21H2,1H3,(H,25,30)(H,26,31)(H,27,29)(H,32,33)(H4,22,23,24). The third-order valence-corrected chi connectivity index (χ3v) is 5.11. The Balaban J connectivity index is 5.02. The molecule has 0 rings (SSSR count). The number of amides is 3. The van der Waals surface area contributed by atoms with Gasteiger partial charge in [0.15, 0.2) is 5.96 Å². The molecular weight excluding hydrogens is 468 g/mol. The Labute approximate surface area is 204 Å². The Hall–Kier alpha value is -2.62. The quantitative estimate of drug-likeness (QED) is 0.0400. The number of rotatable bonds is 17. The van der Waals surface area contributed by atoms with Gasteiger partial charge in [0.05, 0.1) is 12.1 Å². The van der Waals surface area contributed by atoms with Crippen molar-refractivity contribution in [1.29, 1.82) is 0 Å². The van der Waals surface area contributed by atoms with Crippen LogP contribution in [0.3, 0.4) is 0 Å². The predicted octanol–water partition coefficient (Wildman–Crippen LogP) is -3.65. The summed E-state index contributed by atoms with van der Waals surface area (Å²) in [4.78, 5) is 52.7. The Morgan fingerprint density at radius 3 is 2.06 bits per heavy atom. The molecule has 0 aromatic heterocycles. The van der Waals surface area contributed by atoms with Gasteiger partial charge in [0.2, 0.25) is 17.7 Å².